The van der Waals surface area contributed by atoms with Gasteiger partial charge in [0, 0.05) is 39.3 Å². The molecule has 0 saturated carbocycles. The van der Waals surface area contributed by atoms with Crippen LogP contribution < -0.4 is 15.5 Å². The molecule has 0 aliphatic carbocycles. The van der Waals surface area contributed by atoms with Gasteiger partial charge in [-0.2, -0.15) is 0 Å². The number of amides is 1. The van der Waals surface area contributed by atoms with Gasteiger partial charge in [-0.15, -0.1) is 11.3 Å². The van der Waals surface area contributed by atoms with E-state index in [0.29, 0.717) is 6.54 Å². The number of hydrogen-bond acceptors (Lipinski definition) is 4. The van der Waals surface area contributed by atoms with Crippen molar-refractivity contribution in [2.24, 2.45) is 4.99 Å². The van der Waals surface area contributed by atoms with Crippen LogP contribution in [0.1, 0.15) is 12.5 Å². The SMILES string of the molecule is CCNC(=NCC(=O)NCCc1ccccc1)N1CCN(c2cccs2)CC1. The molecule has 28 heavy (non-hydrogen) atoms. The largest absolute Gasteiger partial charge is 0.360 e. The summed E-state index contributed by atoms with van der Waals surface area (Å²) in [5.41, 5.74) is 1.23. The Hall–Kier alpha value is -2.54. The van der Waals surface area contributed by atoms with Crippen molar-refractivity contribution >= 4 is 28.2 Å². The minimum atomic E-state index is -0.0384. The van der Waals surface area contributed by atoms with Gasteiger partial charge >= 0.3 is 0 Å². The Labute approximate surface area is 171 Å². The van der Waals surface area contributed by atoms with E-state index in [1.54, 1.807) is 11.3 Å². The lowest BCUT2D eigenvalue weighted by Gasteiger charge is -2.37. The summed E-state index contributed by atoms with van der Waals surface area (Å²) in [6, 6.07) is 14.4. The average Bonchev–Trinajstić information content (AvgIpc) is 3.27. The molecule has 1 aliphatic heterocycles. The molecule has 0 unspecified atom stereocenters. The number of piperazine rings is 1. The van der Waals surface area contributed by atoms with E-state index in [9.17, 15) is 4.79 Å². The fraction of sp³-hybridized carbons (Fsp3) is 0.429. The molecule has 1 fully saturated rings. The minimum absolute atomic E-state index is 0.0384. The lowest BCUT2D eigenvalue weighted by Crippen LogP contribution is -2.52. The van der Waals surface area contributed by atoms with Gasteiger partial charge in [0.05, 0.1) is 5.00 Å². The van der Waals surface area contributed by atoms with Crippen LogP contribution in [0.4, 0.5) is 5.00 Å². The number of anilines is 1. The van der Waals surface area contributed by atoms with E-state index in [4.69, 9.17) is 0 Å². The predicted octanol–water partition coefficient (Wildman–Crippen LogP) is 2.19. The highest BCUT2D eigenvalue weighted by atomic mass is 32.1. The summed E-state index contributed by atoms with van der Waals surface area (Å²) in [6.07, 6.45) is 0.834. The van der Waals surface area contributed by atoms with Gasteiger partial charge in [0.2, 0.25) is 5.91 Å². The summed E-state index contributed by atoms with van der Waals surface area (Å²) < 4.78 is 0. The molecule has 0 bridgehead atoms. The molecular weight excluding hydrogens is 370 g/mol. The Kier molecular flexibility index (Phi) is 7.72. The summed E-state index contributed by atoms with van der Waals surface area (Å²) in [6.45, 7) is 7.37. The number of benzene rings is 1. The summed E-state index contributed by atoms with van der Waals surface area (Å²) in [5.74, 6) is 0.787. The van der Waals surface area contributed by atoms with Crippen LogP contribution in [0.25, 0.3) is 0 Å². The quantitative estimate of drug-likeness (QED) is 0.554. The lowest BCUT2D eigenvalue weighted by molar-refractivity contribution is -0.119. The number of nitrogens with zero attached hydrogens (tertiary/aromatic N) is 3. The second-order valence-electron chi connectivity index (χ2n) is 6.68. The molecule has 1 saturated heterocycles. The monoisotopic (exact) mass is 399 g/mol. The van der Waals surface area contributed by atoms with E-state index in [0.717, 1.165) is 45.1 Å². The zero-order valence-corrected chi connectivity index (χ0v) is 17.3. The fourth-order valence-corrected chi connectivity index (χ4v) is 3.99. The van der Waals surface area contributed by atoms with Crippen LogP contribution in [-0.4, -0.2) is 62.6 Å². The zero-order chi connectivity index (χ0) is 19.6. The average molecular weight is 400 g/mol. The number of rotatable bonds is 7. The second-order valence-corrected chi connectivity index (χ2v) is 7.61. The van der Waals surface area contributed by atoms with Crippen LogP contribution in [0.3, 0.4) is 0 Å². The van der Waals surface area contributed by atoms with Crippen molar-refractivity contribution in [2.45, 2.75) is 13.3 Å². The van der Waals surface area contributed by atoms with E-state index in [1.807, 2.05) is 18.2 Å². The number of hydrogen-bond donors (Lipinski definition) is 2. The Morgan fingerprint density at radius 2 is 1.86 bits per heavy atom. The van der Waals surface area contributed by atoms with Crippen LogP contribution in [0.5, 0.6) is 0 Å². The van der Waals surface area contributed by atoms with Gasteiger partial charge in [0.1, 0.15) is 6.54 Å². The summed E-state index contributed by atoms with van der Waals surface area (Å²) >= 11 is 1.78. The van der Waals surface area contributed by atoms with E-state index in [-0.39, 0.29) is 12.5 Å². The Morgan fingerprint density at radius 1 is 1.07 bits per heavy atom. The molecule has 1 aromatic carbocycles. The van der Waals surface area contributed by atoms with Crippen molar-refractivity contribution in [1.82, 2.24) is 15.5 Å². The summed E-state index contributed by atoms with van der Waals surface area (Å²) in [7, 11) is 0. The number of thiophene rings is 1. The molecule has 2 heterocycles. The molecule has 1 aromatic heterocycles. The molecule has 150 valence electrons. The zero-order valence-electron chi connectivity index (χ0n) is 16.4. The van der Waals surface area contributed by atoms with Crippen molar-refractivity contribution < 1.29 is 4.79 Å². The number of carbonyl (C=O) groups is 1. The first-order valence-corrected chi connectivity index (χ1v) is 10.8. The van der Waals surface area contributed by atoms with Gasteiger partial charge in [-0.1, -0.05) is 30.3 Å². The van der Waals surface area contributed by atoms with Gasteiger partial charge in [-0.25, -0.2) is 4.99 Å². The first-order chi connectivity index (χ1) is 13.8. The van der Waals surface area contributed by atoms with Crippen molar-refractivity contribution in [2.75, 3.05) is 50.7 Å². The molecule has 0 spiro atoms. The molecule has 1 aliphatic rings. The van der Waals surface area contributed by atoms with Gasteiger partial charge in [0.25, 0.3) is 0 Å². The molecule has 0 radical (unpaired) electrons. The third kappa shape index (κ3) is 5.99. The number of nitrogens with one attached hydrogen (secondary N) is 2. The molecule has 2 aromatic rings. The topological polar surface area (TPSA) is 60.0 Å². The van der Waals surface area contributed by atoms with Crippen molar-refractivity contribution in [1.29, 1.82) is 0 Å². The van der Waals surface area contributed by atoms with Gasteiger partial charge in [-0.3, -0.25) is 4.79 Å². The van der Waals surface area contributed by atoms with E-state index >= 15 is 0 Å². The van der Waals surface area contributed by atoms with Crippen LogP contribution >= 0.6 is 11.3 Å². The third-order valence-electron chi connectivity index (χ3n) is 4.68. The number of guanidine groups is 1. The maximum Gasteiger partial charge on any atom is 0.241 e. The van der Waals surface area contributed by atoms with E-state index in [1.165, 1.54) is 10.6 Å². The highest BCUT2D eigenvalue weighted by Crippen LogP contribution is 2.22. The molecular formula is C21H29N5OS. The van der Waals surface area contributed by atoms with Crippen LogP contribution in [0.15, 0.2) is 52.8 Å². The Morgan fingerprint density at radius 3 is 2.54 bits per heavy atom. The molecule has 1 amide bonds. The first kappa shape index (κ1) is 20.2. The number of aliphatic imine (C=N–C) groups is 1. The van der Waals surface area contributed by atoms with Crippen LogP contribution in [0, 0.1) is 0 Å². The molecule has 7 heteroatoms. The first-order valence-electron chi connectivity index (χ1n) is 9.88. The highest BCUT2D eigenvalue weighted by molar-refractivity contribution is 7.14. The summed E-state index contributed by atoms with van der Waals surface area (Å²) in [5, 5.41) is 9.71. The van der Waals surface area contributed by atoms with Gasteiger partial charge < -0.3 is 20.4 Å². The maximum absolute atomic E-state index is 12.2. The lowest BCUT2D eigenvalue weighted by atomic mass is 10.1. The van der Waals surface area contributed by atoms with Crippen LogP contribution in [0.2, 0.25) is 0 Å². The minimum Gasteiger partial charge on any atom is -0.360 e. The standard InChI is InChI=1S/C21H29N5OS/c1-2-22-21(26-14-12-25(13-15-26)20-9-6-16-28-20)24-17-19(27)23-11-10-18-7-4-3-5-8-18/h3-9,16H,2,10-15,17H2,1H3,(H,22,24)(H,23,27). The predicted molar refractivity (Wildman–Crippen MR) is 117 cm³/mol. The van der Waals surface area contributed by atoms with E-state index in [2.05, 4.69) is 62.0 Å². The maximum atomic E-state index is 12.2. The third-order valence-corrected chi connectivity index (χ3v) is 5.61. The summed E-state index contributed by atoms with van der Waals surface area (Å²) in [4.78, 5) is 21.4. The van der Waals surface area contributed by atoms with E-state index < -0.39 is 0 Å². The second kappa shape index (κ2) is 10.7. The van der Waals surface area contributed by atoms with Gasteiger partial charge in [-0.05, 0) is 36.4 Å². The molecule has 2 N–H and O–H groups in total. The highest BCUT2D eigenvalue weighted by Gasteiger charge is 2.20. The smallest absolute Gasteiger partial charge is 0.241 e. The molecule has 6 nitrogen and oxygen atoms in total. The van der Waals surface area contributed by atoms with Crippen molar-refractivity contribution in [3.8, 4) is 0 Å². The van der Waals surface area contributed by atoms with Gasteiger partial charge in [0.15, 0.2) is 5.96 Å². The Balaban J connectivity index is 1.45. The number of carbonyl (C=O) groups excluding carboxylic acids is 1. The van der Waals surface area contributed by atoms with Crippen LogP contribution in [-0.2, 0) is 11.2 Å². The normalized spacial score (nSPS) is 14.8. The fourth-order valence-electron chi connectivity index (χ4n) is 3.21. The molecule has 3 rings (SSSR count). The van der Waals surface area contributed by atoms with Crippen molar-refractivity contribution in [3.63, 3.8) is 0 Å². The van der Waals surface area contributed by atoms with Crippen molar-refractivity contribution in [3.05, 3.63) is 53.4 Å². The molecule has 0 atom stereocenters. The Bertz CT molecular complexity index is 739.